The van der Waals surface area contributed by atoms with Crippen LogP contribution >= 0.6 is 0 Å². The van der Waals surface area contributed by atoms with Crippen LogP contribution in [0.5, 0.6) is 0 Å². The van der Waals surface area contributed by atoms with Crippen LogP contribution in [0.1, 0.15) is 50.7 Å². The molecule has 162 valence electrons. The van der Waals surface area contributed by atoms with Crippen molar-refractivity contribution < 1.29 is 18.1 Å². The second-order valence-corrected chi connectivity index (χ2v) is 10.8. The zero-order valence-corrected chi connectivity index (χ0v) is 19.0. The van der Waals surface area contributed by atoms with E-state index < -0.39 is 10.0 Å². The average molecular weight is 423 g/mol. The van der Waals surface area contributed by atoms with Gasteiger partial charge in [-0.05, 0) is 62.8 Å². The molecule has 1 heterocycles. The maximum Gasteiger partial charge on any atom is 0.278 e. The van der Waals surface area contributed by atoms with E-state index in [0.717, 1.165) is 22.4 Å². The Bertz CT molecular complexity index is 832. The number of amides is 1. The largest absolute Gasteiger partial charge is 0.348 e. The fraction of sp³-hybridized carbons (Fsp3) is 0.682. The molecular weight excluding hydrogens is 386 g/mol. The lowest BCUT2D eigenvalue weighted by atomic mass is 9.86. The molecule has 1 aliphatic heterocycles. The number of carbonyl (C=O) groups is 1. The van der Waals surface area contributed by atoms with E-state index in [1.807, 2.05) is 26.8 Å². The summed E-state index contributed by atoms with van der Waals surface area (Å²) in [5.41, 5.74) is 2.07. The van der Waals surface area contributed by atoms with Crippen LogP contribution in [0.4, 0.5) is 0 Å². The number of piperazine rings is 1. The van der Waals surface area contributed by atoms with Gasteiger partial charge in [-0.2, -0.15) is 4.31 Å². The number of sulfonamides is 1. The molecule has 1 amide bonds. The highest BCUT2D eigenvalue weighted by Gasteiger charge is 2.35. The number of carbonyl (C=O) groups excluding carboxylic acids is 1. The van der Waals surface area contributed by atoms with E-state index in [2.05, 4.69) is 12.2 Å². The first-order valence-electron chi connectivity index (χ1n) is 10.9. The van der Waals surface area contributed by atoms with Gasteiger partial charge in [0, 0.05) is 6.04 Å². The van der Waals surface area contributed by atoms with Gasteiger partial charge in [0.15, 0.2) is 6.04 Å². The highest BCUT2D eigenvalue weighted by atomic mass is 32.2. The predicted octanol–water partition coefficient (Wildman–Crippen LogP) is 1.28. The van der Waals surface area contributed by atoms with Gasteiger partial charge in [-0.3, -0.25) is 4.79 Å². The van der Waals surface area contributed by atoms with Crippen molar-refractivity contribution in [1.82, 2.24) is 9.62 Å². The van der Waals surface area contributed by atoms with Crippen molar-refractivity contribution in [3.05, 3.63) is 29.3 Å². The first-order valence-corrected chi connectivity index (χ1v) is 12.4. The van der Waals surface area contributed by atoms with E-state index in [1.54, 1.807) is 16.4 Å². The minimum atomic E-state index is -3.48. The zero-order valence-electron chi connectivity index (χ0n) is 18.2. The van der Waals surface area contributed by atoms with Crippen LogP contribution in [-0.2, 0) is 14.8 Å². The number of hydrogen-bond donors (Lipinski definition) is 2. The molecule has 2 fully saturated rings. The van der Waals surface area contributed by atoms with E-state index in [4.69, 9.17) is 0 Å². The van der Waals surface area contributed by atoms with Crippen molar-refractivity contribution in [2.75, 3.05) is 26.2 Å². The Morgan fingerprint density at radius 1 is 1.14 bits per heavy atom. The van der Waals surface area contributed by atoms with Gasteiger partial charge in [0.1, 0.15) is 0 Å². The molecule has 2 aliphatic rings. The molecule has 0 aromatic heterocycles. The van der Waals surface area contributed by atoms with E-state index in [-0.39, 0.29) is 18.0 Å². The molecule has 0 radical (unpaired) electrons. The summed E-state index contributed by atoms with van der Waals surface area (Å²) in [6.45, 7) is 10.3. The van der Waals surface area contributed by atoms with Gasteiger partial charge >= 0.3 is 0 Å². The number of benzene rings is 1. The topological polar surface area (TPSA) is 70.9 Å². The van der Waals surface area contributed by atoms with Crippen molar-refractivity contribution in [3.8, 4) is 0 Å². The number of rotatable bonds is 5. The van der Waals surface area contributed by atoms with E-state index in [1.165, 1.54) is 19.3 Å². The lowest BCUT2D eigenvalue weighted by molar-refractivity contribution is -0.917. The van der Waals surface area contributed by atoms with Crippen LogP contribution in [0.25, 0.3) is 0 Å². The van der Waals surface area contributed by atoms with Gasteiger partial charge in [0.05, 0.1) is 31.1 Å². The number of aryl methyl sites for hydroxylation is 2. The van der Waals surface area contributed by atoms with Gasteiger partial charge in [-0.15, -0.1) is 0 Å². The normalized spacial score (nSPS) is 25.5. The van der Waals surface area contributed by atoms with Crippen LogP contribution in [-0.4, -0.2) is 56.9 Å². The summed E-state index contributed by atoms with van der Waals surface area (Å²) in [5.74, 6) is 0.638. The Kier molecular flexibility index (Phi) is 7.02. The van der Waals surface area contributed by atoms with Crippen molar-refractivity contribution in [2.24, 2.45) is 5.92 Å². The van der Waals surface area contributed by atoms with Gasteiger partial charge < -0.3 is 10.2 Å². The number of hydrogen-bond acceptors (Lipinski definition) is 3. The number of nitrogens with one attached hydrogen (secondary N) is 2. The van der Waals surface area contributed by atoms with Crippen molar-refractivity contribution >= 4 is 15.9 Å². The number of nitrogens with zero attached hydrogens (tertiary/aromatic N) is 1. The van der Waals surface area contributed by atoms with Gasteiger partial charge in [-0.1, -0.05) is 25.8 Å². The summed E-state index contributed by atoms with van der Waals surface area (Å²) >= 11 is 0. The van der Waals surface area contributed by atoms with Crippen LogP contribution in [0.2, 0.25) is 0 Å². The Hall–Kier alpha value is -1.44. The maximum atomic E-state index is 13.0. The molecule has 0 spiro atoms. The molecular formula is C22H36N3O3S+. The highest BCUT2D eigenvalue weighted by molar-refractivity contribution is 7.89. The molecule has 7 heteroatoms. The molecule has 1 aliphatic carbocycles. The molecule has 6 nitrogen and oxygen atoms in total. The van der Waals surface area contributed by atoms with E-state index in [9.17, 15) is 13.2 Å². The highest BCUT2D eigenvalue weighted by Crippen LogP contribution is 2.23. The summed E-state index contributed by atoms with van der Waals surface area (Å²) in [5, 5.41) is 3.25. The number of quaternary nitrogens is 1. The molecule has 1 saturated carbocycles. The fourth-order valence-corrected chi connectivity index (χ4v) is 6.02. The SMILES string of the molecule is Cc1ccc(S(=O)(=O)N2CC[NH+]([C@H](C)C(=O)N[C@H]3CCCC[C@@H]3C)CC2)cc1C. The van der Waals surface area contributed by atoms with Gasteiger partial charge in [0.2, 0.25) is 10.0 Å². The standard InChI is InChI=1S/C22H35N3O3S/c1-16-9-10-20(15-18(16)3)29(27,28)25-13-11-24(12-14-25)19(4)22(26)23-21-8-6-5-7-17(21)2/h9-10,15,17,19,21H,5-8,11-14H2,1-4H3,(H,23,26)/p+1/t17-,19+,21-/m0/s1. The molecule has 0 bridgehead atoms. The van der Waals surface area contributed by atoms with Crippen molar-refractivity contribution in [2.45, 2.75) is 70.4 Å². The van der Waals surface area contributed by atoms with Gasteiger partial charge in [0.25, 0.3) is 5.91 Å². The van der Waals surface area contributed by atoms with Crippen LogP contribution in [0.15, 0.2) is 23.1 Å². The molecule has 1 saturated heterocycles. The average Bonchev–Trinajstić information content (AvgIpc) is 2.71. The third-order valence-corrected chi connectivity index (χ3v) is 8.82. The molecule has 2 N–H and O–H groups in total. The monoisotopic (exact) mass is 422 g/mol. The first kappa shape index (κ1) is 22.2. The van der Waals surface area contributed by atoms with Crippen molar-refractivity contribution in [1.29, 1.82) is 0 Å². The third kappa shape index (κ3) is 5.01. The Morgan fingerprint density at radius 2 is 1.79 bits per heavy atom. The first-order chi connectivity index (χ1) is 13.7. The molecule has 29 heavy (non-hydrogen) atoms. The lowest BCUT2D eigenvalue weighted by Crippen LogP contribution is -3.19. The molecule has 1 aromatic carbocycles. The molecule has 0 unspecified atom stereocenters. The maximum absolute atomic E-state index is 13.0. The van der Waals surface area contributed by atoms with E-state index >= 15 is 0 Å². The lowest BCUT2D eigenvalue weighted by Gasteiger charge is -2.36. The summed E-state index contributed by atoms with van der Waals surface area (Å²) in [6.07, 6.45) is 4.69. The molecule has 3 atom stereocenters. The van der Waals surface area contributed by atoms with E-state index in [0.29, 0.717) is 37.0 Å². The fourth-order valence-electron chi connectivity index (χ4n) is 4.49. The molecule has 3 rings (SSSR count). The second kappa shape index (κ2) is 9.14. The van der Waals surface area contributed by atoms with Crippen molar-refractivity contribution in [3.63, 3.8) is 0 Å². The summed E-state index contributed by atoms with van der Waals surface area (Å²) in [7, 11) is -3.48. The minimum Gasteiger partial charge on any atom is -0.348 e. The summed E-state index contributed by atoms with van der Waals surface area (Å²) < 4.78 is 27.6. The summed E-state index contributed by atoms with van der Waals surface area (Å²) in [4.78, 5) is 14.3. The predicted molar refractivity (Wildman–Crippen MR) is 114 cm³/mol. The smallest absolute Gasteiger partial charge is 0.278 e. The Balaban J connectivity index is 1.57. The summed E-state index contributed by atoms with van der Waals surface area (Å²) in [6, 6.07) is 5.44. The van der Waals surface area contributed by atoms with Crippen LogP contribution < -0.4 is 10.2 Å². The van der Waals surface area contributed by atoms with Crippen LogP contribution in [0, 0.1) is 19.8 Å². The minimum absolute atomic E-state index is 0.101. The Morgan fingerprint density at radius 3 is 2.41 bits per heavy atom. The third-order valence-electron chi connectivity index (χ3n) is 6.93. The van der Waals surface area contributed by atoms with Crippen LogP contribution in [0.3, 0.4) is 0 Å². The van der Waals surface area contributed by atoms with Gasteiger partial charge in [-0.25, -0.2) is 8.42 Å². The second-order valence-electron chi connectivity index (χ2n) is 8.91. The quantitative estimate of drug-likeness (QED) is 0.751. The Labute approximate surface area is 175 Å². The molecule has 1 aromatic rings. The zero-order chi connectivity index (χ0) is 21.2.